The number of fused-ring (bicyclic) bond motifs is 1. The van der Waals surface area contributed by atoms with Crippen molar-refractivity contribution in [3.05, 3.63) is 77.9 Å². The number of hydrogen-bond acceptors (Lipinski definition) is 3. The molecule has 0 aliphatic heterocycles. The first-order valence-electron chi connectivity index (χ1n) is 6.82. The third kappa shape index (κ3) is 2.91. The van der Waals surface area contributed by atoms with Gasteiger partial charge in [0.05, 0.1) is 11.7 Å². The van der Waals surface area contributed by atoms with Gasteiger partial charge in [0.2, 0.25) is 0 Å². The maximum atomic E-state index is 13.0. The summed E-state index contributed by atoms with van der Waals surface area (Å²) >= 11 is 0. The number of hydrazine groups is 1. The maximum absolute atomic E-state index is 13.0. The van der Waals surface area contributed by atoms with Crippen molar-refractivity contribution in [2.24, 2.45) is 5.84 Å². The van der Waals surface area contributed by atoms with Gasteiger partial charge in [-0.15, -0.1) is 0 Å². The normalized spacial score (nSPS) is 12.5. The Kier molecular flexibility index (Phi) is 3.90. The fourth-order valence-corrected chi connectivity index (χ4v) is 2.51. The van der Waals surface area contributed by atoms with Crippen LogP contribution in [0.5, 0.6) is 0 Å². The van der Waals surface area contributed by atoms with Gasteiger partial charge in [-0.1, -0.05) is 36.4 Å². The molecule has 0 saturated heterocycles. The molecule has 0 amide bonds. The fourth-order valence-electron chi connectivity index (χ4n) is 2.51. The predicted octanol–water partition coefficient (Wildman–Crippen LogP) is 3.12. The van der Waals surface area contributed by atoms with Crippen LogP contribution in [0.2, 0.25) is 0 Å². The second-order valence-corrected chi connectivity index (χ2v) is 4.97. The van der Waals surface area contributed by atoms with Crippen molar-refractivity contribution < 1.29 is 4.39 Å². The van der Waals surface area contributed by atoms with Crippen LogP contribution in [0, 0.1) is 5.82 Å². The molecule has 1 unspecified atom stereocenters. The summed E-state index contributed by atoms with van der Waals surface area (Å²) in [5.41, 5.74) is 4.73. The van der Waals surface area contributed by atoms with Crippen LogP contribution in [0.3, 0.4) is 0 Å². The lowest BCUT2D eigenvalue weighted by Gasteiger charge is -2.17. The Morgan fingerprint density at radius 3 is 2.57 bits per heavy atom. The Morgan fingerprint density at radius 1 is 1.05 bits per heavy atom. The molecule has 0 aliphatic rings. The first-order valence-corrected chi connectivity index (χ1v) is 6.82. The van der Waals surface area contributed by atoms with Crippen LogP contribution < -0.4 is 11.3 Å². The Balaban J connectivity index is 1.96. The number of halogens is 1. The molecule has 0 spiro atoms. The summed E-state index contributed by atoms with van der Waals surface area (Å²) in [5, 5.41) is 2.20. The molecule has 3 rings (SSSR count). The standard InChI is InChI=1S/C17H16FN3/c18-14-7-5-12(6-8-14)11-16(21-19)17-15-4-2-1-3-13(15)9-10-20-17/h1-10,16,21H,11,19H2. The van der Waals surface area contributed by atoms with E-state index in [1.807, 2.05) is 30.3 Å². The minimum atomic E-state index is -0.237. The number of aromatic nitrogens is 1. The summed E-state index contributed by atoms with van der Waals surface area (Å²) < 4.78 is 13.0. The summed E-state index contributed by atoms with van der Waals surface area (Å²) in [6.45, 7) is 0. The quantitative estimate of drug-likeness (QED) is 0.570. The molecule has 0 aliphatic carbocycles. The molecular formula is C17H16FN3. The van der Waals surface area contributed by atoms with Gasteiger partial charge in [-0.3, -0.25) is 16.3 Å². The van der Waals surface area contributed by atoms with Gasteiger partial charge in [0, 0.05) is 11.6 Å². The highest BCUT2D eigenvalue weighted by Crippen LogP contribution is 2.24. The van der Waals surface area contributed by atoms with Crippen LogP contribution >= 0.6 is 0 Å². The van der Waals surface area contributed by atoms with Gasteiger partial charge in [-0.2, -0.15) is 0 Å². The van der Waals surface area contributed by atoms with Crippen LogP contribution in [-0.4, -0.2) is 4.98 Å². The SMILES string of the molecule is NNC(Cc1ccc(F)cc1)c1nccc2ccccc12. The fraction of sp³-hybridized carbons (Fsp3) is 0.118. The van der Waals surface area contributed by atoms with E-state index in [-0.39, 0.29) is 11.9 Å². The number of rotatable bonds is 4. The van der Waals surface area contributed by atoms with Gasteiger partial charge in [0.1, 0.15) is 5.82 Å². The highest BCUT2D eigenvalue weighted by Gasteiger charge is 2.15. The van der Waals surface area contributed by atoms with Crippen molar-refractivity contribution in [1.82, 2.24) is 10.4 Å². The largest absolute Gasteiger partial charge is 0.271 e. The Bertz CT molecular complexity index is 735. The zero-order valence-corrected chi connectivity index (χ0v) is 11.5. The molecule has 0 bridgehead atoms. The summed E-state index contributed by atoms with van der Waals surface area (Å²) in [6, 6.07) is 16.4. The molecule has 4 heteroatoms. The molecule has 1 atom stereocenters. The van der Waals surface area contributed by atoms with E-state index in [9.17, 15) is 4.39 Å². The maximum Gasteiger partial charge on any atom is 0.123 e. The Morgan fingerprint density at radius 2 is 1.81 bits per heavy atom. The Labute approximate surface area is 122 Å². The average Bonchev–Trinajstić information content (AvgIpc) is 2.54. The minimum Gasteiger partial charge on any atom is -0.271 e. The number of pyridine rings is 1. The number of hydrogen-bond donors (Lipinski definition) is 2. The average molecular weight is 281 g/mol. The lowest BCUT2D eigenvalue weighted by molar-refractivity contribution is 0.541. The number of nitrogens with one attached hydrogen (secondary N) is 1. The van der Waals surface area contributed by atoms with Gasteiger partial charge in [-0.25, -0.2) is 4.39 Å². The van der Waals surface area contributed by atoms with Gasteiger partial charge in [0.25, 0.3) is 0 Å². The van der Waals surface area contributed by atoms with Crippen molar-refractivity contribution in [1.29, 1.82) is 0 Å². The van der Waals surface area contributed by atoms with E-state index in [1.165, 1.54) is 12.1 Å². The van der Waals surface area contributed by atoms with Gasteiger partial charge in [-0.05, 0) is 35.6 Å². The third-order valence-electron chi connectivity index (χ3n) is 3.59. The van der Waals surface area contributed by atoms with Gasteiger partial charge >= 0.3 is 0 Å². The van der Waals surface area contributed by atoms with E-state index in [1.54, 1.807) is 18.3 Å². The van der Waals surface area contributed by atoms with Crippen molar-refractivity contribution in [2.75, 3.05) is 0 Å². The topological polar surface area (TPSA) is 50.9 Å². The first kappa shape index (κ1) is 13.7. The lowest BCUT2D eigenvalue weighted by Crippen LogP contribution is -2.30. The van der Waals surface area contributed by atoms with E-state index in [0.717, 1.165) is 22.0 Å². The third-order valence-corrected chi connectivity index (χ3v) is 3.59. The molecule has 106 valence electrons. The van der Waals surface area contributed by atoms with E-state index < -0.39 is 0 Å². The zero-order valence-electron chi connectivity index (χ0n) is 11.5. The smallest absolute Gasteiger partial charge is 0.123 e. The minimum absolute atomic E-state index is 0.124. The molecular weight excluding hydrogens is 265 g/mol. The summed E-state index contributed by atoms with van der Waals surface area (Å²) in [4.78, 5) is 4.48. The summed E-state index contributed by atoms with van der Waals surface area (Å²) in [5.74, 6) is 5.47. The second kappa shape index (κ2) is 5.99. The summed E-state index contributed by atoms with van der Waals surface area (Å²) in [6.07, 6.45) is 2.43. The van der Waals surface area contributed by atoms with Crippen LogP contribution in [-0.2, 0) is 6.42 Å². The van der Waals surface area contributed by atoms with Crippen molar-refractivity contribution in [3.63, 3.8) is 0 Å². The molecule has 3 N–H and O–H groups in total. The number of nitrogens with zero attached hydrogens (tertiary/aromatic N) is 1. The Hall–Kier alpha value is -2.30. The molecule has 21 heavy (non-hydrogen) atoms. The zero-order chi connectivity index (χ0) is 14.7. The van der Waals surface area contributed by atoms with Gasteiger partial charge < -0.3 is 0 Å². The van der Waals surface area contributed by atoms with Crippen molar-refractivity contribution in [3.8, 4) is 0 Å². The number of benzene rings is 2. The first-order chi connectivity index (χ1) is 10.3. The second-order valence-electron chi connectivity index (χ2n) is 4.97. The predicted molar refractivity (Wildman–Crippen MR) is 81.9 cm³/mol. The van der Waals surface area contributed by atoms with Crippen LogP contribution in [0.25, 0.3) is 10.8 Å². The van der Waals surface area contributed by atoms with Crippen molar-refractivity contribution >= 4 is 10.8 Å². The lowest BCUT2D eigenvalue weighted by atomic mass is 9.99. The molecule has 3 nitrogen and oxygen atoms in total. The molecule has 0 fully saturated rings. The van der Waals surface area contributed by atoms with Crippen molar-refractivity contribution in [2.45, 2.75) is 12.5 Å². The molecule has 1 heterocycles. The molecule has 3 aromatic rings. The monoisotopic (exact) mass is 281 g/mol. The van der Waals surface area contributed by atoms with Gasteiger partial charge in [0.15, 0.2) is 0 Å². The van der Waals surface area contributed by atoms with E-state index in [2.05, 4.69) is 10.4 Å². The van der Waals surface area contributed by atoms with Crippen LogP contribution in [0.1, 0.15) is 17.3 Å². The number of nitrogens with two attached hydrogens (primary N) is 1. The van der Waals surface area contributed by atoms with E-state index >= 15 is 0 Å². The highest BCUT2D eigenvalue weighted by atomic mass is 19.1. The molecule has 2 aromatic carbocycles. The summed E-state index contributed by atoms with van der Waals surface area (Å²) in [7, 11) is 0. The molecule has 1 aromatic heterocycles. The van der Waals surface area contributed by atoms with Crippen LogP contribution in [0.4, 0.5) is 4.39 Å². The highest BCUT2D eigenvalue weighted by molar-refractivity contribution is 5.84. The van der Waals surface area contributed by atoms with Crippen LogP contribution in [0.15, 0.2) is 60.8 Å². The van der Waals surface area contributed by atoms with E-state index in [4.69, 9.17) is 5.84 Å². The molecule has 0 radical (unpaired) electrons. The molecule has 0 saturated carbocycles. The van der Waals surface area contributed by atoms with E-state index in [0.29, 0.717) is 6.42 Å².